The van der Waals surface area contributed by atoms with E-state index < -0.39 is 53.2 Å². The second-order valence-corrected chi connectivity index (χ2v) is 12.0. The second-order valence-electron chi connectivity index (χ2n) is 12.0. The fraction of sp³-hybridized carbons (Fsp3) is 0.808. The second kappa shape index (κ2) is 7.43. The van der Waals surface area contributed by atoms with E-state index in [9.17, 15) is 19.5 Å². The first-order valence-electron chi connectivity index (χ1n) is 12.4. The summed E-state index contributed by atoms with van der Waals surface area (Å²) >= 11 is 0. The van der Waals surface area contributed by atoms with Gasteiger partial charge in [0.1, 0.15) is 6.17 Å². The van der Waals surface area contributed by atoms with Crippen LogP contribution in [0.1, 0.15) is 66.7 Å². The van der Waals surface area contributed by atoms with Gasteiger partial charge in [-0.05, 0) is 74.3 Å². The highest BCUT2D eigenvalue weighted by Crippen LogP contribution is 2.70. The molecule has 5 aliphatic rings. The van der Waals surface area contributed by atoms with Gasteiger partial charge in [-0.2, -0.15) is 0 Å². The molecule has 188 valence electrons. The number of hydrogen-bond acceptors (Lipinski definition) is 7. The van der Waals surface area contributed by atoms with Crippen molar-refractivity contribution in [2.45, 2.75) is 96.5 Å². The van der Waals surface area contributed by atoms with Crippen molar-refractivity contribution >= 4 is 17.5 Å². The van der Waals surface area contributed by atoms with Crippen molar-refractivity contribution in [1.82, 2.24) is 0 Å². The lowest BCUT2D eigenvalue weighted by Gasteiger charge is -2.61. The number of fused-ring (bicyclic) bond motifs is 7. The number of aliphatic hydroxyl groups is 1. The molecule has 1 N–H and O–H groups in total. The summed E-state index contributed by atoms with van der Waals surface area (Å²) in [4.78, 5) is 37.2. The van der Waals surface area contributed by atoms with Crippen LogP contribution in [0.3, 0.4) is 0 Å². The van der Waals surface area contributed by atoms with E-state index in [4.69, 9.17) is 14.2 Å². The quantitative estimate of drug-likeness (QED) is 0.623. The lowest BCUT2D eigenvalue weighted by atomic mass is 9.45. The van der Waals surface area contributed by atoms with Crippen LogP contribution in [0, 0.1) is 28.6 Å². The van der Waals surface area contributed by atoms with E-state index >= 15 is 4.39 Å². The molecule has 0 amide bonds. The number of halogens is 1. The molecule has 1 saturated heterocycles. The van der Waals surface area contributed by atoms with Gasteiger partial charge in [0, 0.05) is 18.8 Å². The van der Waals surface area contributed by atoms with Crippen LogP contribution in [-0.2, 0) is 28.6 Å². The van der Waals surface area contributed by atoms with Gasteiger partial charge in [0.25, 0.3) is 0 Å². The van der Waals surface area contributed by atoms with Crippen LogP contribution < -0.4 is 0 Å². The molecule has 0 aromatic heterocycles. The normalized spacial score (nSPS) is 48.8. The van der Waals surface area contributed by atoms with Gasteiger partial charge in [-0.25, -0.2) is 4.39 Å². The predicted octanol–water partition coefficient (Wildman–Crippen LogP) is 3.07. The van der Waals surface area contributed by atoms with Gasteiger partial charge in [-0.3, -0.25) is 14.4 Å². The molecule has 34 heavy (non-hydrogen) atoms. The number of rotatable bonds is 3. The third kappa shape index (κ3) is 3.07. The average Bonchev–Trinajstić information content (AvgIpc) is 3.13. The van der Waals surface area contributed by atoms with E-state index in [0.717, 1.165) is 0 Å². The molecule has 3 saturated carbocycles. The topological polar surface area (TPSA) is 99.1 Å². The molecule has 5 rings (SSSR count). The van der Waals surface area contributed by atoms with Gasteiger partial charge in [0.05, 0.1) is 12.2 Å². The van der Waals surface area contributed by atoms with Crippen LogP contribution in [0.5, 0.6) is 0 Å². The number of aliphatic hydroxyl groups excluding tert-OH is 1. The number of alkyl halides is 1. The summed E-state index contributed by atoms with van der Waals surface area (Å²) in [5.41, 5.74) is -2.32. The van der Waals surface area contributed by atoms with Gasteiger partial charge in [0.2, 0.25) is 5.78 Å². The third-order valence-corrected chi connectivity index (χ3v) is 9.69. The zero-order chi connectivity index (χ0) is 24.8. The molecule has 1 heterocycles. The molecule has 0 aromatic carbocycles. The lowest BCUT2D eigenvalue weighted by molar-refractivity contribution is -0.229. The largest absolute Gasteiger partial charge is 0.458 e. The molecule has 1 aliphatic heterocycles. The molecule has 4 aliphatic carbocycles. The van der Waals surface area contributed by atoms with Crippen LogP contribution in [-0.4, -0.2) is 59.0 Å². The summed E-state index contributed by atoms with van der Waals surface area (Å²) in [6.45, 7) is 8.24. The van der Waals surface area contributed by atoms with Crippen molar-refractivity contribution in [2.24, 2.45) is 28.6 Å². The van der Waals surface area contributed by atoms with Gasteiger partial charge in [0.15, 0.2) is 23.8 Å². The zero-order valence-electron chi connectivity index (χ0n) is 20.6. The number of carbonyl (C=O) groups excluding carboxylic acids is 3. The molecule has 0 spiro atoms. The van der Waals surface area contributed by atoms with Crippen LogP contribution in [0.2, 0.25) is 0 Å². The Morgan fingerprint density at radius 3 is 2.62 bits per heavy atom. The summed E-state index contributed by atoms with van der Waals surface area (Å²) in [7, 11) is 0. The molecule has 4 fully saturated rings. The van der Waals surface area contributed by atoms with Crippen molar-refractivity contribution in [3.05, 3.63) is 11.6 Å². The number of esters is 1. The van der Waals surface area contributed by atoms with Gasteiger partial charge >= 0.3 is 5.97 Å². The molecular weight excluding hydrogens is 443 g/mol. The summed E-state index contributed by atoms with van der Waals surface area (Å²) in [5.74, 6) is -2.56. The molecule has 9 atom stereocenters. The number of ether oxygens (including phenoxy) is 3. The Balaban J connectivity index is 1.57. The van der Waals surface area contributed by atoms with E-state index in [2.05, 4.69) is 0 Å². The van der Waals surface area contributed by atoms with Crippen LogP contribution in [0.4, 0.5) is 4.39 Å². The van der Waals surface area contributed by atoms with Gasteiger partial charge in [-0.1, -0.05) is 13.8 Å². The number of ketones is 2. The molecule has 7 nitrogen and oxygen atoms in total. The smallest absolute Gasteiger partial charge is 0.303 e. The Morgan fingerprint density at radius 1 is 1.24 bits per heavy atom. The van der Waals surface area contributed by atoms with Crippen LogP contribution in [0.15, 0.2) is 11.6 Å². The number of allylic oxidation sites excluding steroid dienone is 1. The van der Waals surface area contributed by atoms with Gasteiger partial charge < -0.3 is 19.3 Å². The van der Waals surface area contributed by atoms with E-state index in [0.29, 0.717) is 24.8 Å². The monoisotopic (exact) mass is 478 g/mol. The zero-order valence-corrected chi connectivity index (χ0v) is 20.6. The number of carbonyl (C=O) groups is 3. The van der Waals surface area contributed by atoms with Crippen molar-refractivity contribution in [3.63, 3.8) is 0 Å². The van der Waals surface area contributed by atoms with Gasteiger partial charge in [-0.15, -0.1) is 0 Å². The Labute approximate surface area is 199 Å². The van der Waals surface area contributed by atoms with E-state index in [1.165, 1.54) is 13.0 Å². The Kier molecular flexibility index (Phi) is 5.26. The predicted molar refractivity (Wildman–Crippen MR) is 118 cm³/mol. The highest BCUT2D eigenvalue weighted by Gasteiger charge is 2.77. The first-order chi connectivity index (χ1) is 15.7. The Morgan fingerprint density at radius 2 is 1.94 bits per heavy atom. The summed E-state index contributed by atoms with van der Waals surface area (Å²) < 4.78 is 33.3. The molecule has 0 radical (unpaired) electrons. The highest BCUT2D eigenvalue weighted by atomic mass is 19.1. The molecule has 8 heteroatoms. The highest BCUT2D eigenvalue weighted by molar-refractivity contribution is 5.93. The van der Waals surface area contributed by atoms with Crippen molar-refractivity contribution < 1.29 is 38.1 Å². The minimum Gasteiger partial charge on any atom is -0.458 e. The maximum absolute atomic E-state index is 15.6. The minimum absolute atomic E-state index is 0.0573. The molecule has 0 bridgehead atoms. The standard InChI is InChI=1S/C26H35FO7/c1-13(28)32-12-20(31)26-21(33-23(2,3)34-26)10-16-15-9-18(27)17-8-14(29)6-7-24(17,4)22(15)19(30)11-25(16,26)5/h8,15-16,18-19,21-22,30H,6-7,9-12H2,1-5H3/t15?,16?,18-,19-,21+,22?,24-,25-,26+/m0/s1. The molecular formula is C26H35FO7. The average molecular weight is 479 g/mol. The first kappa shape index (κ1) is 24.1. The van der Waals surface area contributed by atoms with Crippen LogP contribution in [0.25, 0.3) is 0 Å². The summed E-state index contributed by atoms with van der Waals surface area (Å²) in [5, 5.41) is 11.6. The Hall–Kier alpha value is -1.64. The summed E-state index contributed by atoms with van der Waals surface area (Å²) in [6.07, 6.45) is 0.657. The fourth-order valence-corrected chi connectivity index (χ4v) is 8.56. The first-order valence-corrected chi connectivity index (χ1v) is 12.4. The number of Topliss-reactive ketones (excluding diaryl/α,β-unsaturated/α-hetero) is 1. The van der Waals surface area contributed by atoms with Crippen molar-refractivity contribution in [2.75, 3.05) is 6.61 Å². The van der Waals surface area contributed by atoms with E-state index in [1.54, 1.807) is 13.8 Å². The number of hydrogen-bond donors (Lipinski definition) is 1. The minimum atomic E-state index is -1.39. The van der Waals surface area contributed by atoms with Crippen molar-refractivity contribution in [3.8, 4) is 0 Å². The Bertz CT molecular complexity index is 974. The van der Waals surface area contributed by atoms with E-state index in [-0.39, 0.29) is 42.2 Å². The molecule has 3 unspecified atom stereocenters. The maximum atomic E-state index is 15.6. The van der Waals surface area contributed by atoms with Crippen molar-refractivity contribution in [1.29, 1.82) is 0 Å². The summed E-state index contributed by atoms with van der Waals surface area (Å²) in [6, 6.07) is 0. The van der Waals surface area contributed by atoms with E-state index in [1.807, 2.05) is 13.8 Å². The SMILES string of the molecule is CC(=O)OCC(=O)[C@@]12OC(C)(C)O[C@@H]1CC1C3C[C@H](F)C4=CC(=O)CC[C@]4(C)C3[C@@H](O)C[C@@]12C. The third-order valence-electron chi connectivity index (χ3n) is 9.69. The lowest BCUT2D eigenvalue weighted by Crippen LogP contribution is -2.65. The maximum Gasteiger partial charge on any atom is 0.303 e. The fourth-order valence-electron chi connectivity index (χ4n) is 8.56. The molecule has 0 aromatic rings. The van der Waals surface area contributed by atoms with Crippen LogP contribution >= 0.6 is 0 Å².